The number of rotatable bonds is 7. The van der Waals surface area contributed by atoms with Gasteiger partial charge in [0, 0.05) is 11.8 Å². The number of ether oxygens (including phenoxy) is 3. The molecule has 2 N–H and O–H groups in total. The molecular weight excluding hydrogens is 474 g/mol. The Kier molecular flexibility index (Phi) is 6.84. The van der Waals surface area contributed by atoms with Crippen molar-refractivity contribution in [3.8, 4) is 17.6 Å². The van der Waals surface area contributed by atoms with Gasteiger partial charge in [-0.2, -0.15) is 5.26 Å². The van der Waals surface area contributed by atoms with E-state index in [-0.39, 0.29) is 21.7 Å². The number of nitriles is 1. The number of nitrogens with one attached hydrogen (secondary N) is 2. The maximum atomic E-state index is 12.7. The van der Waals surface area contributed by atoms with E-state index in [2.05, 4.69) is 10.0 Å². The molecule has 0 radical (unpaired) electrons. The summed E-state index contributed by atoms with van der Waals surface area (Å²) in [7, 11) is -3.91. The summed E-state index contributed by atoms with van der Waals surface area (Å²) in [6.07, 6.45) is 0. The molecule has 4 rings (SSSR count). The van der Waals surface area contributed by atoms with Crippen molar-refractivity contribution in [3.05, 3.63) is 77.9 Å². The molecule has 0 saturated carbocycles. The van der Waals surface area contributed by atoms with E-state index < -0.39 is 28.5 Å². The summed E-state index contributed by atoms with van der Waals surface area (Å²) in [6.45, 7) is 0.166. The van der Waals surface area contributed by atoms with Gasteiger partial charge in [-0.3, -0.25) is 9.52 Å². The number of fused-ring (bicyclic) bond motifs is 1. The highest BCUT2D eigenvalue weighted by Gasteiger charge is 2.20. The molecule has 11 heteroatoms. The quantitative estimate of drug-likeness (QED) is 0.478. The van der Waals surface area contributed by atoms with Crippen molar-refractivity contribution in [2.24, 2.45) is 0 Å². The first kappa shape index (κ1) is 23.6. The minimum atomic E-state index is -3.91. The normalized spacial score (nSPS) is 12.2. The van der Waals surface area contributed by atoms with E-state index >= 15 is 0 Å². The summed E-state index contributed by atoms with van der Waals surface area (Å²) in [6, 6.07) is 18.2. The summed E-state index contributed by atoms with van der Waals surface area (Å²) in [4.78, 5) is 24.3. The summed E-state index contributed by atoms with van der Waals surface area (Å²) in [5, 5.41) is 11.6. The first-order valence-electron chi connectivity index (χ1n) is 10.3. The molecule has 1 heterocycles. The zero-order chi connectivity index (χ0) is 24.8. The molecule has 0 atom stereocenters. The Hall–Kier alpha value is -4.56. The third-order valence-electron chi connectivity index (χ3n) is 4.85. The average molecular weight is 493 g/mol. The van der Waals surface area contributed by atoms with E-state index in [1.165, 1.54) is 42.5 Å². The van der Waals surface area contributed by atoms with Crippen molar-refractivity contribution in [1.82, 2.24) is 0 Å². The maximum Gasteiger partial charge on any atom is 0.338 e. The topological polar surface area (TPSA) is 144 Å². The van der Waals surface area contributed by atoms with Crippen LogP contribution in [0.5, 0.6) is 11.5 Å². The van der Waals surface area contributed by atoms with Crippen molar-refractivity contribution >= 4 is 33.3 Å². The molecule has 0 aliphatic carbocycles. The van der Waals surface area contributed by atoms with E-state index in [0.717, 1.165) is 0 Å². The number of hydrogen-bond acceptors (Lipinski definition) is 8. The van der Waals surface area contributed by atoms with Crippen LogP contribution in [0.2, 0.25) is 0 Å². The molecule has 0 bridgehead atoms. The molecule has 178 valence electrons. The number of benzene rings is 3. The first-order chi connectivity index (χ1) is 16.9. The summed E-state index contributed by atoms with van der Waals surface area (Å²) < 4.78 is 43.7. The van der Waals surface area contributed by atoms with Crippen LogP contribution in [0.15, 0.2) is 71.6 Å². The van der Waals surface area contributed by atoms with Crippen LogP contribution < -0.4 is 19.5 Å². The highest BCUT2D eigenvalue weighted by atomic mass is 32.2. The molecule has 1 aliphatic heterocycles. The van der Waals surface area contributed by atoms with Crippen LogP contribution in [0.1, 0.15) is 15.9 Å². The number of anilines is 2. The Morgan fingerprint density at radius 3 is 2.43 bits per heavy atom. The van der Waals surface area contributed by atoms with Gasteiger partial charge in [0.15, 0.2) is 18.1 Å². The zero-order valence-corrected chi connectivity index (χ0v) is 19.0. The van der Waals surface area contributed by atoms with Crippen LogP contribution in [0.4, 0.5) is 11.4 Å². The van der Waals surface area contributed by atoms with Gasteiger partial charge in [-0.05, 0) is 48.5 Å². The lowest BCUT2D eigenvalue weighted by atomic mass is 10.2. The van der Waals surface area contributed by atoms with Gasteiger partial charge in [-0.1, -0.05) is 12.1 Å². The Morgan fingerprint density at radius 2 is 1.69 bits per heavy atom. The third-order valence-corrected chi connectivity index (χ3v) is 6.23. The van der Waals surface area contributed by atoms with Crippen molar-refractivity contribution in [3.63, 3.8) is 0 Å². The molecule has 0 spiro atoms. The fourth-order valence-corrected chi connectivity index (χ4v) is 4.24. The Labute approximate surface area is 201 Å². The van der Waals surface area contributed by atoms with Crippen LogP contribution in [-0.4, -0.2) is 40.1 Å². The second kappa shape index (κ2) is 10.1. The van der Waals surface area contributed by atoms with Crippen LogP contribution in [0, 0.1) is 11.3 Å². The average Bonchev–Trinajstić information content (AvgIpc) is 2.87. The minimum Gasteiger partial charge on any atom is -0.486 e. The van der Waals surface area contributed by atoms with Crippen LogP contribution >= 0.6 is 0 Å². The van der Waals surface area contributed by atoms with Gasteiger partial charge in [0.05, 0.1) is 21.7 Å². The fraction of sp³-hybridized carbons (Fsp3) is 0.125. The maximum absolute atomic E-state index is 12.7. The molecule has 0 saturated heterocycles. The molecule has 35 heavy (non-hydrogen) atoms. The Morgan fingerprint density at radius 1 is 0.971 bits per heavy atom. The summed E-state index contributed by atoms with van der Waals surface area (Å²) >= 11 is 0. The number of para-hydroxylation sites is 1. The summed E-state index contributed by atoms with van der Waals surface area (Å²) in [5.74, 6) is -0.557. The number of nitrogens with zero attached hydrogens (tertiary/aromatic N) is 1. The smallest absolute Gasteiger partial charge is 0.338 e. The van der Waals surface area contributed by atoms with E-state index in [4.69, 9.17) is 19.5 Å². The second-order valence-electron chi connectivity index (χ2n) is 7.27. The lowest BCUT2D eigenvalue weighted by Gasteiger charge is -2.19. The number of esters is 1. The van der Waals surface area contributed by atoms with Gasteiger partial charge in [0.2, 0.25) is 0 Å². The van der Waals surface area contributed by atoms with Crippen LogP contribution in [-0.2, 0) is 19.6 Å². The fourth-order valence-electron chi connectivity index (χ4n) is 3.17. The molecule has 0 fully saturated rings. The molecule has 0 unspecified atom stereocenters. The largest absolute Gasteiger partial charge is 0.486 e. The van der Waals surface area contributed by atoms with Crippen molar-refractivity contribution in [2.45, 2.75) is 4.90 Å². The molecule has 1 amide bonds. The number of amides is 1. The third kappa shape index (κ3) is 5.69. The summed E-state index contributed by atoms with van der Waals surface area (Å²) in [5.41, 5.74) is 0.937. The van der Waals surface area contributed by atoms with E-state index in [1.54, 1.807) is 24.3 Å². The van der Waals surface area contributed by atoms with Gasteiger partial charge in [-0.15, -0.1) is 0 Å². The molecular formula is C24H19N3O7S. The molecule has 3 aromatic rings. The number of hydrogen-bond donors (Lipinski definition) is 2. The lowest BCUT2D eigenvalue weighted by Crippen LogP contribution is -2.21. The van der Waals surface area contributed by atoms with Crippen molar-refractivity contribution in [1.29, 1.82) is 5.26 Å². The number of sulfonamides is 1. The van der Waals surface area contributed by atoms with Crippen LogP contribution in [0.25, 0.3) is 0 Å². The molecule has 0 aromatic heterocycles. The van der Waals surface area contributed by atoms with E-state index in [9.17, 15) is 18.0 Å². The standard InChI is InChI=1S/C24H19N3O7S/c25-14-17-3-1-2-4-20(17)26-23(28)15-34-24(29)16-5-7-18(8-6-16)27-35(30,31)19-9-10-21-22(13-19)33-12-11-32-21/h1-10,13,27H,11-12,15H2,(H,26,28). The second-order valence-corrected chi connectivity index (χ2v) is 8.95. The van der Waals surface area contributed by atoms with Gasteiger partial charge in [-0.25, -0.2) is 13.2 Å². The van der Waals surface area contributed by atoms with E-state index in [1.807, 2.05) is 6.07 Å². The Bertz CT molecular complexity index is 1410. The highest BCUT2D eigenvalue weighted by molar-refractivity contribution is 7.92. The number of carbonyl (C=O) groups is 2. The van der Waals surface area contributed by atoms with Crippen molar-refractivity contribution < 1.29 is 32.2 Å². The highest BCUT2D eigenvalue weighted by Crippen LogP contribution is 2.32. The SMILES string of the molecule is N#Cc1ccccc1NC(=O)COC(=O)c1ccc(NS(=O)(=O)c2ccc3c(c2)OCCO3)cc1. The lowest BCUT2D eigenvalue weighted by molar-refractivity contribution is -0.119. The first-order valence-corrected chi connectivity index (χ1v) is 11.8. The van der Waals surface area contributed by atoms with Gasteiger partial charge in [0.1, 0.15) is 19.3 Å². The molecule has 3 aromatic carbocycles. The monoisotopic (exact) mass is 493 g/mol. The minimum absolute atomic E-state index is 0.00535. The Balaban J connectivity index is 1.34. The van der Waals surface area contributed by atoms with Gasteiger partial charge < -0.3 is 19.5 Å². The number of carbonyl (C=O) groups excluding carboxylic acids is 2. The zero-order valence-electron chi connectivity index (χ0n) is 18.2. The van der Waals surface area contributed by atoms with Crippen LogP contribution in [0.3, 0.4) is 0 Å². The van der Waals surface area contributed by atoms with Gasteiger partial charge in [0.25, 0.3) is 15.9 Å². The van der Waals surface area contributed by atoms with E-state index in [0.29, 0.717) is 30.4 Å². The molecule has 1 aliphatic rings. The van der Waals surface area contributed by atoms with Gasteiger partial charge >= 0.3 is 5.97 Å². The predicted molar refractivity (Wildman–Crippen MR) is 125 cm³/mol. The predicted octanol–water partition coefficient (Wildman–Crippen LogP) is 2.93. The molecule has 10 nitrogen and oxygen atoms in total. The van der Waals surface area contributed by atoms with Crippen molar-refractivity contribution in [2.75, 3.05) is 29.9 Å².